The normalized spacial score (nSPS) is 20.8. The van der Waals surface area contributed by atoms with Crippen molar-refractivity contribution >= 4 is 6.08 Å². The van der Waals surface area contributed by atoms with Gasteiger partial charge in [-0.1, -0.05) is 30.3 Å². The van der Waals surface area contributed by atoms with E-state index in [2.05, 4.69) is 46.0 Å². The number of imidazole rings is 1. The number of nitrogens with zero attached hydrogens (tertiary/aromatic N) is 2. The minimum absolute atomic E-state index is 0.563. The summed E-state index contributed by atoms with van der Waals surface area (Å²) in [6.45, 7) is 2.54. The topological polar surface area (TPSA) is 27.1 Å². The molecule has 0 bridgehead atoms. The molecule has 4 rings (SSSR count). The quantitative estimate of drug-likeness (QED) is 0.821. The van der Waals surface area contributed by atoms with Gasteiger partial charge in [-0.25, -0.2) is 4.98 Å². The molecule has 1 aliphatic heterocycles. The van der Waals surface area contributed by atoms with Gasteiger partial charge in [0.15, 0.2) is 0 Å². The van der Waals surface area contributed by atoms with Crippen LogP contribution < -0.4 is 0 Å². The van der Waals surface area contributed by atoms with Crippen molar-refractivity contribution in [3.8, 4) is 0 Å². The number of hydrogen-bond acceptors (Lipinski definition) is 2. The van der Waals surface area contributed by atoms with Crippen LogP contribution in [0.3, 0.4) is 0 Å². The maximum Gasteiger partial charge on any atom is 0.0957 e. The lowest BCUT2D eigenvalue weighted by atomic mass is 9.91. The lowest BCUT2D eigenvalue weighted by Crippen LogP contribution is -2.13. The molecule has 2 heterocycles. The van der Waals surface area contributed by atoms with Crippen LogP contribution in [-0.4, -0.2) is 22.8 Å². The number of benzene rings is 1. The maximum absolute atomic E-state index is 5.54. The molecule has 1 unspecified atom stereocenters. The van der Waals surface area contributed by atoms with E-state index in [0.717, 1.165) is 26.2 Å². The molecule has 2 aromatic rings. The van der Waals surface area contributed by atoms with Crippen LogP contribution in [0.4, 0.5) is 0 Å². The lowest BCUT2D eigenvalue weighted by molar-refractivity contribution is 0.188. The van der Waals surface area contributed by atoms with Crippen LogP contribution in [0.25, 0.3) is 6.08 Å². The third-order valence-corrected chi connectivity index (χ3v) is 4.03. The monoisotopic (exact) mass is 252 g/mol. The van der Waals surface area contributed by atoms with E-state index in [1.807, 2.05) is 6.33 Å². The van der Waals surface area contributed by atoms with Crippen LogP contribution in [0.1, 0.15) is 17.0 Å². The minimum Gasteiger partial charge on any atom is -0.376 e. The second-order valence-corrected chi connectivity index (χ2v) is 5.33. The molecule has 0 spiro atoms. The molecule has 0 saturated carbocycles. The molecule has 0 amide bonds. The standard InChI is InChI=1S/C16H16N2O/c1-2-4-12(5-3-1)8-18-11-17-15-6-13-9-19-10-14(13)7-16(15)18/h1-5,7,11,13H,6,8-10H2. The Bertz CT molecular complexity index is 627. The summed E-state index contributed by atoms with van der Waals surface area (Å²) in [5.74, 6) is 0.563. The first-order valence-electron chi connectivity index (χ1n) is 6.76. The summed E-state index contributed by atoms with van der Waals surface area (Å²) in [4.78, 5) is 4.58. The van der Waals surface area contributed by atoms with Crippen molar-refractivity contribution in [3.05, 3.63) is 59.2 Å². The van der Waals surface area contributed by atoms with Gasteiger partial charge in [0.2, 0.25) is 0 Å². The Balaban J connectivity index is 1.68. The zero-order chi connectivity index (χ0) is 12.7. The van der Waals surface area contributed by atoms with E-state index < -0.39 is 0 Å². The van der Waals surface area contributed by atoms with Crippen molar-refractivity contribution < 1.29 is 4.74 Å². The van der Waals surface area contributed by atoms with E-state index in [9.17, 15) is 0 Å². The molecular formula is C16H16N2O. The minimum atomic E-state index is 0.563. The first-order valence-corrected chi connectivity index (χ1v) is 6.76. The zero-order valence-electron chi connectivity index (χ0n) is 10.7. The van der Waals surface area contributed by atoms with Crippen LogP contribution in [-0.2, 0) is 17.7 Å². The average molecular weight is 252 g/mol. The summed E-state index contributed by atoms with van der Waals surface area (Å²) in [6, 6.07) is 10.5. The van der Waals surface area contributed by atoms with Crippen LogP contribution in [0, 0.1) is 5.92 Å². The first-order chi connectivity index (χ1) is 9.40. The van der Waals surface area contributed by atoms with Gasteiger partial charge in [0.25, 0.3) is 0 Å². The molecule has 19 heavy (non-hydrogen) atoms. The van der Waals surface area contributed by atoms with Crippen LogP contribution >= 0.6 is 0 Å². The Morgan fingerprint density at radius 1 is 1.26 bits per heavy atom. The van der Waals surface area contributed by atoms with E-state index in [4.69, 9.17) is 4.74 Å². The molecule has 1 aliphatic carbocycles. The van der Waals surface area contributed by atoms with Gasteiger partial charge in [0, 0.05) is 18.9 Å². The molecule has 1 fully saturated rings. The summed E-state index contributed by atoms with van der Waals surface area (Å²) < 4.78 is 7.79. The summed E-state index contributed by atoms with van der Waals surface area (Å²) in [5, 5.41) is 0. The van der Waals surface area contributed by atoms with Crippen molar-refractivity contribution in [1.82, 2.24) is 9.55 Å². The second kappa shape index (κ2) is 4.35. The third-order valence-electron chi connectivity index (χ3n) is 4.03. The Kier molecular flexibility index (Phi) is 2.52. The largest absolute Gasteiger partial charge is 0.376 e. The molecule has 3 heteroatoms. The van der Waals surface area contributed by atoms with Crippen molar-refractivity contribution in [3.63, 3.8) is 0 Å². The lowest BCUT2D eigenvalue weighted by Gasteiger charge is -2.16. The van der Waals surface area contributed by atoms with E-state index in [-0.39, 0.29) is 0 Å². The summed E-state index contributed by atoms with van der Waals surface area (Å²) in [5.41, 5.74) is 5.23. The predicted octanol–water partition coefficient (Wildman–Crippen LogP) is 2.52. The van der Waals surface area contributed by atoms with Crippen molar-refractivity contribution in [2.24, 2.45) is 5.92 Å². The van der Waals surface area contributed by atoms with Gasteiger partial charge < -0.3 is 9.30 Å². The van der Waals surface area contributed by atoms with Crippen LogP contribution in [0.15, 0.2) is 42.2 Å². The van der Waals surface area contributed by atoms with E-state index in [1.54, 1.807) is 0 Å². The van der Waals surface area contributed by atoms with Gasteiger partial charge in [-0.2, -0.15) is 0 Å². The third kappa shape index (κ3) is 1.90. The number of rotatable bonds is 2. The second-order valence-electron chi connectivity index (χ2n) is 5.33. The van der Waals surface area contributed by atoms with Crippen molar-refractivity contribution in [2.75, 3.05) is 13.2 Å². The highest BCUT2D eigenvalue weighted by atomic mass is 16.5. The smallest absolute Gasteiger partial charge is 0.0957 e. The van der Waals surface area contributed by atoms with Crippen LogP contribution in [0.5, 0.6) is 0 Å². The van der Waals surface area contributed by atoms with Gasteiger partial charge in [-0.3, -0.25) is 0 Å². The van der Waals surface area contributed by atoms with Gasteiger partial charge >= 0.3 is 0 Å². The Hall–Kier alpha value is -1.87. The number of aromatic nitrogens is 2. The molecule has 3 nitrogen and oxygen atoms in total. The highest BCUT2D eigenvalue weighted by Crippen LogP contribution is 2.32. The van der Waals surface area contributed by atoms with Gasteiger partial charge in [-0.15, -0.1) is 0 Å². The molecule has 1 atom stereocenters. The highest BCUT2D eigenvalue weighted by Gasteiger charge is 2.28. The summed E-state index contributed by atoms with van der Waals surface area (Å²) in [6.07, 6.45) is 5.28. The summed E-state index contributed by atoms with van der Waals surface area (Å²) >= 11 is 0. The number of hydrogen-bond donors (Lipinski definition) is 0. The number of ether oxygens (including phenoxy) is 1. The molecule has 96 valence electrons. The van der Waals surface area contributed by atoms with E-state index in [1.165, 1.54) is 22.5 Å². The SMILES string of the molecule is C1=C2COCC2Cc2ncn(Cc3ccccc3)c21. The van der Waals surface area contributed by atoms with Gasteiger partial charge in [0.05, 0.1) is 30.9 Å². The molecule has 1 saturated heterocycles. The fraction of sp³-hybridized carbons (Fsp3) is 0.312. The zero-order valence-corrected chi connectivity index (χ0v) is 10.7. The van der Waals surface area contributed by atoms with E-state index >= 15 is 0 Å². The first kappa shape index (κ1) is 11.0. The Morgan fingerprint density at radius 2 is 2.16 bits per heavy atom. The Labute approximate surface area is 112 Å². The van der Waals surface area contributed by atoms with Gasteiger partial charge in [-0.05, 0) is 17.2 Å². The predicted molar refractivity (Wildman–Crippen MR) is 73.8 cm³/mol. The molecule has 1 aromatic carbocycles. The highest BCUT2D eigenvalue weighted by molar-refractivity contribution is 5.57. The fourth-order valence-electron chi connectivity index (χ4n) is 2.97. The molecule has 0 radical (unpaired) electrons. The van der Waals surface area contributed by atoms with Crippen LogP contribution in [0.2, 0.25) is 0 Å². The molecule has 1 aromatic heterocycles. The van der Waals surface area contributed by atoms with Gasteiger partial charge in [0.1, 0.15) is 0 Å². The Morgan fingerprint density at radius 3 is 3.05 bits per heavy atom. The molecular weight excluding hydrogens is 236 g/mol. The van der Waals surface area contributed by atoms with Crippen molar-refractivity contribution in [1.29, 1.82) is 0 Å². The maximum atomic E-state index is 5.54. The molecule has 0 N–H and O–H groups in total. The fourth-order valence-corrected chi connectivity index (χ4v) is 2.97. The number of fused-ring (bicyclic) bond motifs is 2. The summed E-state index contributed by atoms with van der Waals surface area (Å²) in [7, 11) is 0. The average Bonchev–Trinajstić information content (AvgIpc) is 3.05. The van der Waals surface area contributed by atoms with Crippen molar-refractivity contribution in [2.45, 2.75) is 13.0 Å². The molecule has 2 aliphatic rings. The van der Waals surface area contributed by atoms with E-state index in [0.29, 0.717) is 5.92 Å².